The van der Waals surface area contributed by atoms with Gasteiger partial charge in [0.1, 0.15) is 27.7 Å². The Kier molecular flexibility index (Phi) is 6.60. The average molecular weight is 421 g/mol. The van der Waals surface area contributed by atoms with E-state index >= 15 is 0 Å². The first-order valence-corrected chi connectivity index (χ1v) is 8.95. The maximum absolute atomic E-state index is 14.0. The van der Waals surface area contributed by atoms with Gasteiger partial charge in [0.15, 0.2) is 11.5 Å². The largest absolute Gasteiger partial charge is 0.591 e. The van der Waals surface area contributed by atoms with Crippen LogP contribution >= 0.6 is 0 Å². The Balaban J connectivity index is 2.56. The number of nitrogens with zero attached hydrogens (tertiary/aromatic N) is 3. The Hall–Kier alpha value is -2.27. The third kappa shape index (κ3) is 5.61. The fourth-order valence-corrected chi connectivity index (χ4v) is 2.45. The molecule has 0 spiro atoms. The van der Waals surface area contributed by atoms with E-state index in [2.05, 4.69) is 19.1 Å². The van der Waals surface area contributed by atoms with Crippen molar-refractivity contribution in [2.24, 2.45) is 4.40 Å². The predicted molar refractivity (Wildman–Crippen MR) is 93.5 cm³/mol. The molecule has 1 aromatic carbocycles. The molecular formula is C17H16F5N3O2S. The van der Waals surface area contributed by atoms with Crippen molar-refractivity contribution in [3.8, 4) is 5.75 Å². The van der Waals surface area contributed by atoms with Crippen molar-refractivity contribution in [3.63, 3.8) is 0 Å². The van der Waals surface area contributed by atoms with Crippen LogP contribution in [-0.4, -0.2) is 37.5 Å². The number of rotatable bonds is 6. The van der Waals surface area contributed by atoms with Crippen LogP contribution in [0.25, 0.3) is 0 Å². The maximum atomic E-state index is 14.0. The van der Waals surface area contributed by atoms with E-state index in [0.717, 1.165) is 12.1 Å². The lowest BCUT2D eigenvalue weighted by Crippen LogP contribution is -2.33. The molecule has 0 saturated carbocycles. The normalized spacial score (nSPS) is 14.3. The van der Waals surface area contributed by atoms with Gasteiger partial charge in [0.2, 0.25) is 0 Å². The first-order chi connectivity index (χ1) is 12.9. The summed E-state index contributed by atoms with van der Waals surface area (Å²) in [5.74, 6) is -1.97. The van der Waals surface area contributed by atoms with Gasteiger partial charge in [0, 0.05) is 24.0 Å². The van der Waals surface area contributed by atoms with Crippen LogP contribution < -0.4 is 4.74 Å². The first-order valence-electron chi connectivity index (χ1n) is 7.84. The van der Waals surface area contributed by atoms with Crippen molar-refractivity contribution in [3.05, 3.63) is 53.9 Å². The van der Waals surface area contributed by atoms with Crippen LogP contribution in [0.1, 0.15) is 32.2 Å². The van der Waals surface area contributed by atoms with Crippen molar-refractivity contribution in [2.45, 2.75) is 38.1 Å². The lowest BCUT2D eigenvalue weighted by molar-refractivity contribution is -0.253. The smallest absolute Gasteiger partial charge is 0.461 e. The quantitative estimate of drug-likeness (QED) is 0.399. The first kappa shape index (κ1) is 22.0. The number of alkyl halides is 4. The molecule has 0 saturated heterocycles. The SMILES string of the molecule is CC(C)(C)[S+]([O-])N=C(c1cc(F)cc(OC(F)(F)C(F)F)c1)c1ncccn1. The number of benzene rings is 1. The molecule has 1 atom stereocenters. The molecule has 2 aromatic rings. The Labute approximate surface area is 161 Å². The molecule has 28 heavy (non-hydrogen) atoms. The molecule has 5 nitrogen and oxygen atoms in total. The van der Waals surface area contributed by atoms with Gasteiger partial charge in [-0.3, -0.25) is 0 Å². The summed E-state index contributed by atoms with van der Waals surface area (Å²) in [4.78, 5) is 7.89. The molecule has 0 aliphatic carbocycles. The molecular weight excluding hydrogens is 405 g/mol. The maximum Gasteiger partial charge on any atom is 0.461 e. The number of halogens is 5. The van der Waals surface area contributed by atoms with Crippen molar-refractivity contribution in [1.29, 1.82) is 0 Å². The second-order valence-corrected chi connectivity index (χ2v) is 8.42. The summed E-state index contributed by atoms with van der Waals surface area (Å²) in [6.45, 7) is 4.91. The molecule has 0 aliphatic rings. The monoisotopic (exact) mass is 421 g/mol. The van der Waals surface area contributed by atoms with Crippen molar-refractivity contribution < 1.29 is 31.2 Å². The van der Waals surface area contributed by atoms with Crippen LogP contribution in [0.2, 0.25) is 0 Å². The summed E-state index contributed by atoms with van der Waals surface area (Å²) in [5.41, 5.74) is -0.331. The second kappa shape index (κ2) is 8.39. The highest BCUT2D eigenvalue weighted by atomic mass is 32.2. The molecule has 0 radical (unpaired) electrons. The summed E-state index contributed by atoms with van der Waals surface area (Å²) < 4.78 is 84.7. The molecule has 1 aromatic heterocycles. The van der Waals surface area contributed by atoms with Gasteiger partial charge in [-0.25, -0.2) is 14.4 Å². The van der Waals surface area contributed by atoms with Gasteiger partial charge in [-0.2, -0.15) is 17.6 Å². The van der Waals surface area contributed by atoms with E-state index in [9.17, 15) is 26.5 Å². The summed E-state index contributed by atoms with van der Waals surface area (Å²) in [7, 11) is 0. The van der Waals surface area contributed by atoms with Crippen LogP contribution in [0.5, 0.6) is 5.75 Å². The molecule has 0 N–H and O–H groups in total. The summed E-state index contributed by atoms with van der Waals surface area (Å²) >= 11 is -1.83. The lowest BCUT2D eigenvalue weighted by Gasteiger charge is -2.20. The third-order valence-electron chi connectivity index (χ3n) is 3.13. The van der Waals surface area contributed by atoms with Crippen LogP contribution in [0.15, 0.2) is 41.1 Å². The average Bonchev–Trinajstić information content (AvgIpc) is 2.58. The Morgan fingerprint density at radius 1 is 1.14 bits per heavy atom. The molecule has 0 fully saturated rings. The van der Waals surface area contributed by atoms with Crippen LogP contribution in [0.4, 0.5) is 22.0 Å². The van der Waals surface area contributed by atoms with Gasteiger partial charge in [-0.15, -0.1) is 0 Å². The summed E-state index contributed by atoms with van der Waals surface area (Å²) in [6, 6.07) is 3.77. The molecule has 2 rings (SSSR count). The minimum atomic E-state index is -4.82. The Morgan fingerprint density at radius 3 is 2.29 bits per heavy atom. The molecule has 11 heteroatoms. The van der Waals surface area contributed by atoms with E-state index in [1.54, 1.807) is 20.8 Å². The predicted octanol–water partition coefficient (Wildman–Crippen LogP) is 4.15. The molecule has 1 heterocycles. The summed E-state index contributed by atoms with van der Waals surface area (Å²) in [5, 5.41) is 0. The fourth-order valence-electron chi connectivity index (χ4n) is 1.82. The number of hydrogen-bond acceptors (Lipinski definition) is 5. The Morgan fingerprint density at radius 2 is 1.75 bits per heavy atom. The molecule has 0 bridgehead atoms. The van der Waals surface area contributed by atoms with Crippen molar-refractivity contribution in [2.75, 3.05) is 0 Å². The van der Waals surface area contributed by atoms with Crippen LogP contribution in [-0.2, 0) is 11.4 Å². The van der Waals surface area contributed by atoms with Gasteiger partial charge in [-0.1, -0.05) is 4.40 Å². The third-order valence-corrected chi connectivity index (χ3v) is 4.52. The van der Waals surface area contributed by atoms with E-state index in [0.29, 0.717) is 6.07 Å². The zero-order valence-electron chi connectivity index (χ0n) is 15.0. The minimum Gasteiger partial charge on any atom is -0.591 e. The standard InChI is InChI=1S/C17H16F5N3O2S/c1-16(2,3)28(26)25-13(14-23-5-4-6-24-14)10-7-11(18)9-12(8-10)27-17(21,22)15(19)20/h4-9,15H,1-3H3. The van der Waals surface area contributed by atoms with Gasteiger partial charge >= 0.3 is 12.5 Å². The fraction of sp³-hybridized carbons (Fsp3) is 0.353. The van der Waals surface area contributed by atoms with Gasteiger partial charge in [0.25, 0.3) is 0 Å². The molecule has 0 amide bonds. The zero-order valence-corrected chi connectivity index (χ0v) is 15.8. The molecule has 152 valence electrons. The van der Waals surface area contributed by atoms with Gasteiger partial charge in [0.05, 0.1) is 0 Å². The highest BCUT2D eigenvalue weighted by Gasteiger charge is 2.44. The minimum absolute atomic E-state index is 0.0581. The zero-order chi connectivity index (χ0) is 21.1. The van der Waals surface area contributed by atoms with Crippen LogP contribution in [0, 0.1) is 5.82 Å². The van der Waals surface area contributed by atoms with Gasteiger partial charge < -0.3 is 9.29 Å². The van der Waals surface area contributed by atoms with E-state index in [1.807, 2.05) is 0 Å². The second-order valence-electron chi connectivity index (χ2n) is 6.51. The highest BCUT2D eigenvalue weighted by molar-refractivity contribution is 7.91. The highest BCUT2D eigenvalue weighted by Crippen LogP contribution is 2.29. The van der Waals surface area contributed by atoms with Crippen molar-refractivity contribution >= 4 is 17.1 Å². The topological polar surface area (TPSA) is 70.4 Å². The Bertz CT molecular complexity index is 844. The van der Waals surface area contributed by atoms with E-state index in [4.69, 9.17) is 0 Å². The lowest BCUT2D eigenvalue weighted by atomic mass is 10.1. The number of ether oxygens (including phenoxy) is 1. The van der Waals surface area contributed by atoms with E-state index < -0.39 is 40.2 Å². The molecule has 1 unspecified atom stereocenters. The van der Waals surface area contributed by atoms with Crippen molar-refractivity contribution in [1.82, 2.24) is 9.97 Å². The number of hydrogen-bond donors (Lipinski definition) is 0. The van der Waals surface area contributed by atoms with Crippen LogP contribution in [0.3, 0.4) is 0 Å². The van der Waals surface area contributed by atoms with E-state index in [-0.39, 0.29) is 17.1 Å². The van der Waals surface area contributed by atoms with E-state index in [1.165, 1.54) is 18.5 Å². The number of aromatic nitrogens is 2. The van der Waals surface area contributed by atoms with Gasteiger partial charge in [-0.05, 0) is 39.0 Å². The summed E-state index contributed by atoms with van der Waals surface area (Å²) in [6.07, 6.45) is -6.24. The molecule has 0 aliphatic heterocycles.